The molecule has 0 spiro atoms. The zero-order valence-electron chi connectivity index (χ0n) is 12.3. The zero-order valence-corrected chi connectivity index (χ0v) is 12.3. The van der Waals surface area contributed by atoms with Crippen LogP contribution in [0.15, 0.2) is 0 Å². The minimum absolute atomic E-state index is 0.349. The average Bonchev–Trinajstić information content (AvgIpc) is 2.54. The Hall–Kier alpha value is -0.0800. The molecule has 1 aliphatic carbocycles. The molecule has 0 amide bonds. The molecular weight excluding hydrogens is 222 g/mol. The second-order valence-corrected chi connectivity index (χ2v) is 6.83. The van der Waals surface area contributed by atoms with Gasteiger partial charge in [0.15, 0.2) is 0 Å². The highest BCUT2D eigenvalue weighted by Crippen LogP contribution is 2.37. The van der Waals surface area contributed by atoms with Crippen LogP contribution in [0, 0.1) is 11.8 Å². The van der Waals surface area contributed by atoms with Crippen molar-refractivity contribution in [1.29, 1.82) is 0 Å². The lowest BCUT2D eigenvalue weighted by atomic mass is 9.79. The van der Waals surface area contributed by atoms with Crippen LogP contribution < -0.4 is 5.32 Å². The van der Waals surface area contributed by atoms with Crippen LogP contribution >= 0.6 is 0 Å². The van der Waals surface area contributed by atoms with E-state index in [-0.39, 0.29) is 0 Å². The van der Waals surface area contributed by atoms with Crippen LogP contribution in [0.2, 0.25) is 0 Å². The maximum Gasteiger partial charge on any atom is 0.0800 e. The maximum absolute atomic E-state index is 11.0. The first-order valence-electron chi connectivity index (χ1n) is 8.10. The summed E-state index contributed by atoms with van der Waals surface area (Å²) in [7, 11) is 0. The van der Waals surface area contributed by atoms with Gasteiger partial charge in [-0.25, -0.2) is 0 Å². The quantitative estimate of drug-likeness (QED) is 0.755. The van der Waals surface area contributed by atoms with E-state index in [4.69, 9.17) is 0 Å². The van der Waals surface area contributed by atoms with E-state index in [0.717, 1.165) is 37.6 Å². The van der Waals surface area contributed by atoms with Crippen LogP contribution in [0.5, 0.6) is 0 Å². The minimum atomic E-state index is -0.419. The van der Waals surface area contributed by atoms with E-state index in [1.54, 1.807) is 0 Å². The second-order valence-electron chi connectivity index (χ2n) is 6.83. The molecule has 0 aromatic heterocycles. The first-order valence-corrected chi connectivity index (χ1v) is 8.10. The monoisotopic (exact) mass is 253 g/mol. The summed E-state index contributed by atoms with van der Waals surface area (Å²) in [5, 5.41) is 14.6. The molecular formula is C16H31NO. The van der Waals surface area contributed by atoms with Crippen molar-refractivity contribution in [1.82, 2.24) is 5.32 Å². The highest BCUT2D eigenvalue weighted by Gasteiger charge is 2.39. The first kappa shape index (κ1) is 14.3. The van der Waals surface area contributed by atoms with Gasteiger partial charge in [-0.1, -0.05) is 39.5 Å². The Labute approximate surface area is 113 Å². The van der Waals surface area contributed by atoms with Crippen LogP contribution in [0.3, 0.4) is 0 Å². The van der Waals surface area contributed by atoms with Crippen molar-refractivity contribution in [2.45, 2.75) is 83.3 Å². The normalized spacial score (nSPS) is 42.5. The minimum Gasteiger partial charge on any atom is -0.388 e. The summed E-state index contributed by atoms with van der Waals surface area (Å²) >= 11 is 0. The summed E-state index contributed by atoms with van der Waals surface area (Å²) in [6.07, 6.45) is 10.9. The Morgan fingerprint density at radius 3 is 2.78 bits per heavy atom. The molecule has 2 heteroatoms. The van der Waals surface area contributed by atoms with Gasteiger partial charge in [0.2, 0.25) is 0 Å². The molecule has 4 unspecified atom stereocenters. The van der Waals surface area contributed by atoms with E-state index in [9.17, 15) is 5.11 Å². The van der Waals surface area contributed by atoms with Crippen molar-refractivity contribution in [2.24, 2.45) is 11.8 Å². The van der Waals surface area contributed by atoms with Crippen molar-refractivity contribution in [3.63, 3.8) is 0 Å². The highest BCUT2D eigenvalue weighted by molar-refractivity contribution is 4.96. The number of hydrogen-bond donors (Lipinski definition) is 2. The van der Waals surface area contributed by atoms with Gasteiger partial charge in [0.25, 0.3) is 0 Å². The molecule has 18 heavy (non-hydrogen) atoms. The van der Waals surface area contributed by atoms with Gasteiger partial charge < -0.3 is 10.4 Å². The molecule has 1 saturated heterocycles. The fraction of sp³-hybridized carbons (Fsp3) is 1.00. The van der Waals surface area contributed by atoms with Gasteiger partial charge in [-0.15, -0.1) is 0 Å². The molecule has 1 aliphatic heterocycles. The smallest absolute Gasteiger partial charge is 0.0800 e. The van der Waals surface area contributed by atoms with Crippen molar-refractivity contribution in [3.8, 4) is 0 Å². The number of piperidine rings is 1. The van der Waals surface area contributed by atoms with E-state index in [2.05, 4.69) is 19.2 Å². The molecule has 2 nitrogen and oxygen atoms in total. The van der Waals surface area contributed by atoms with Crippen LogP contribution in [-0.2, 0) is 0 Å². The van der Waals surface area contributed by atoms with Gasteiger partial charge in [0.1, 0.15) is 0 Å². The molecule has 1 saturated carbocycles. The Morgan fingerprint density at radius 2 is 2.06 bits per heavy atom. The lowest BCUT2D eigenvalue weighted by molar-refractivity contribution is -0.0269. The van der Waals surface area contributed by atoms with Gasteiger partial charge in [-0.05, 0) is 50.5 Å². The average molecular weight is 253 g/mol. The number of hydrogen-bond acceptors (Lipinski definition) is 2. The van der Waals surface area contributed by atoms with Crippen LogP contribution in [0.1, 0.15) is 71.6 Å². The maximum atomic E-state index is 11.0. The fourth-order valence-electron chi connectivity index (χ4n) is 3.98. The fourth-order valence-corrected chi connectivity index (χ4v) is 3.98. The summed E-state index contributed by atoms with van der Waals surface area (Å²) in [6.45, 7) is 5.70. The van der Waals surface area contributed by atoms with Gasteiger partial charge >= 0.3 is 0 Å². The summed E-state index contributed by atoms with van der Waals surface area (Å²) in [4.78, 5) is 0. The number of nitrogens with one attached hydrogen (secondary N) is 1. The van der Waals surface area contributed by atoms with Crippen molar-refractivity contribution in [3.05, 3.63) is 0 Å². The van der Waals surface area contributed by atoms with E-state index in [0.29, 0.717) is 6.04 Å². The Kier molecular flexibility index (Phi) is 5.08. The second kappa shape index (κ2) is 6.38. The molecule has 0 aromatic rings. The summed E-state index contributed by atoms with van der Waals surface area (Å²) in [5.74, 6) is 1.64. The SMILES string of the molecule is CCCC1CCCC(O)(C2CC(C)CCN2)CC1. The summed E-state index contributed by atoms with van der Waals surface area (Å²) < 4.78 is 0. The largest absolute Gasteiger partial charge is 0.388 e. The lowest BCUT2D eigenvalue weighted by Crippen LogP contribution is -2.54. The molecule has 2 fully saturated rings. The molecule has 106 valence electrons. The van der Waals surface area contributed by atoms with E-state index in [1.807, 2.05) is 0 Å². The van der Waals surface area contributed by atoms with Gasteiger partial charge in [0, 0.05) is 6.04 Å². The van der Waals surface area contributed by atoms with E-state index in [1.165, 1.54) is 38.5 Å². The molecule has 1 heterocycles. The highest BCUT2D eigenvalue weighted by atomic mass is 16.3. The molecule has 2 N–H and O–H groups in total. The van der Waals surface area contributed by atoms with Crippen molar-refractivity contribution < 1.29 is 5.11 Å². The van der Waals surface area contributed by atoms with Gasteiger partial charge in [-0.3, -0.25) is 0 Å². The van der Waals surface area contributed by atoms with Crippen LogP contribution in [0.25, 0.3) is 0 Å². The van der Waals surface area contributed by atoms with Crippen molar-refractivity contribution in [2.75, 3.05) is 6.54 Å². The first-order chi connectivity index (χ1) is 8.64. The molecule has 0 radical (unpaired) electrons. The Bertz CT molecular complexity index is 255. The number of aliphatic hydroxyl groups is 1. The summed E-state index contributed by atoms with van der Waals surface area (Å²) in [5.41, 5.74) is -0.419. The summed E-state index contributed by atoms with van der Waals surface area (Å²) in [6, 6.07) is 0.349. The standard InChI is InChI=1S/C16H31NO/c1-3-5-14-6-4-9-16(18,10-7-14)15-12-13(2)8-11-17-15/h13-15,17-18H,3-12H2,1-2H3. The van der Waals surface area contributed by atoms with Crippen LogP contribution in [0.4, 0.5) is 0 Å². The zero-order chi connectivity index (χ0) is 13.0. The lowest BCUT2D eigenvalue weighted by Gasteiger charge is -2.40. The van der Waals surface area contributed by atoms with E-state index < -0.39 is 5.60 Å². The molecule has 0 bridgehead atoms. The Morgan fingerprint density at radius 1 is 1.22 bits per heavy atom. The third-order valence-corrected chi connectivity index (χ3v) is 5.22. The molecule has 4 atom stereocenters. The van der Waals surface area contributed by atoms with Crippen molar-refractivity contribution >= 4 is 0 Å². The van der Waals surface area contributed by atoms with Crippen LogP contribution in [-0.4, -0.2) is 23.3 Å². The third kappa shape index (κ3) is 3.48. The molecule has 0 aromatic carbocycles. The molecule has 2 aliphatic rings. The predicted molar refractivity (Wildman–Crippen MR) is 76.6 cm³/mol. The topological polar surface area (TPSA) is 32.3 Å². The van der Waals surface area contributed by atoms with Gasteiger partial charge in [0.05, 0.1) is 5.60 Å². The van der Waals surface area contributed by atoms with E-state index >= 15 is 0 Å². The van der Waals surface area contributed by atoms with Gasteiger partial charge in [-0.2, -0.15) is 0 Å². The molecule has 2 rings (SSSR count). The Balaban J connectivity index is 1.93. The number of rotatable bonds is 3. The third-order valence-electron chi connectivity index (χ3n) is 5.22. The predicted octanol–water partition coefficient (Wildman–Crippen LogP) is 3.49.